The Morgan fingerprint density at radius 2 is 2.20 bits per heavy atom. The smallest absolute Gasteiger partial charge is 0.290 e. The molecule has 1 aliphatic heterocycles. The van der Waals surface area contributed by atoms with Crippen LogP contribution in [0.3, 0.4) is 0 Å². The van der Waals surface area contributed by atoms with Gasteiger partial charge in [-0.25, -0.2) is 13.1 Å². The first-order valence-electron chi connectivity index (χ1n) is 4.68. The molecule has 3 N–H and O–H groups in total. The molecule has 84 valence electrons. The average Bonchev–Trinajstić information content (AvgIpc) is 2.62. The normalized spacial score (nSPS) is 24.5. The number of rotatable bonds is 1. The molecule has 1 fully saturated rings. The van der Waals surface area contributed by atoms with Crippen LogP contribution < -0.4 is 11.3 Å². The van der Waals surface area contributed by atoms with Crippen LogP contribution in [0.1, 0.15) is 18.2 Å². The fourth-order valence-electron chi connectivity index (χ4n) is 1.82. The summed E-state index contributed by atoms with van der Waals surface area (Å²) in [6, 6.07) is -0.293. The van der Waals surface area contributed by atoms with Crippen molar-refractivity contribution in [2.75, 3.05) is 17.2 Å². The zero-order valence-electron chi connectivity index (χ0n) is 8.36. The van der Waals surface area contributed by atoms with E-state index in [-0.39, 0.29) is 28.8 Å². The van der Waals surface area contributed by atoms with Crippen LogP contribution in [0.4, 0.5) is 5.69 Å². The summed E-state index contributed by atoms with van der Waals surface area (Å²) in [5.41, 5.74) is 5.95. The Morgan fingerprint density at radius 3 is 2.60 bits per heavy atom. The van der Waals surface area contributed by atoms with Crippen LogP contribution in [0.5, 0.6) is 0 Å². The van der Waals surface area contributed by atoms with Crippen LogP contribution in [0, 0.1) is 6.92 Å². The maximum Gasteiger partial charge on any atom is 0.290 e. The number of anilines is 1. The SMILES string of the molecule is Cc1[nH]n(C2CCS(=O)(=O)C2)c(=O)c1N. The molecular formula is C8H13N3O3S. The second kappa shape index (κ2) is 3.13. The predicted octanol–water partition coefficient (Wildman–Crippen LogP) is -0.573. The molecular weight excluding hydrogens is 218 g/mol. The summed E-state index contributed by atoms with van der Waals surface area (Å²) < 4.78 is 23.8. The molecule has 6 nitrogen and oxygen atoms in total. The summed E-state index contributed by atoms with van der Waals surface area (Å²) in [6.45, 7) is 1.69. The Labute approximate surface area is 87.0 Å². The summed E-state index contributed by atoms with van der Waals surface area (Å²) in [5, 5.41) is 2.81. The minimum absolute atomic E-state index is 0.0201. The van der Waals surface area contributed by atoms with Crippen molar-refractivity contribution in [2.24, 2.45) is 0 Å². The Bertz CT molecular complexity index is 540. The van der Waals surface area contributed by atoms with Gasteiger partial charge >= 0.3 is 0 Å². The molecule has 7 heteroatoms. The number of nitrogens with zero attached hydrogens (tertiary/aromatic N) is 1. The molecule has 15 heavy (non-hydrogen) atoms. The second-order valence-corrected chi connectivity index (χ2v) is 6.11. The highest BCUT2D eigenvalue weighted by Crippen LogP contribution is 2.22. The molecule has 1 aromatic rings. The van der Waals surface area contributed by atoms with E-state index in [1.165, 1.54) is 4.68 Å². The lowest BCUT2D eigenvalue weighted by Gasteiger charge is -2.07. The molecule has 2 rings (SSSR count). The van der Waals surface area contributed by atoms with E-state index in [1.807, 2.05) is 0 Å². The van der Waals surface area contributed by atoms with Gasteiger partial charge in [0.15, 0.2) is 9.84 Å². The summed E-state index contributed by atoms with van der Waals surface area (Å²) in [7, 11) is -2.98. The van der Waals surface area contributed by atoms with E-state index in [0.29, 0.717) is 12.1 Å². The third-order valence-electron chi connectivity index (χ3n) is 2.71. The summed E-state index contributed by atoms with van der Waals surface area (Å²) in [6.07, 6.45) is 0.474. The van der Waals surface area contributed by atoms with Gasteiger partial charge in [0.05, 0.1) is 23.2 Å². The highest BCUT2D eigenvalue weighted by Gasteiger charge is 2.31. The molecule has 1 atom stereocenters. The van der Waals surface area contributed by atoms with E-state index in [9.17, 15) is 13.2 Å². The number of aromatic nitrogens is 2. The number of aromatic amines is 1. The molecule has 0 bridgehead atoms. The third-order valence-corrected chi connectivity index (χ3v) is 4.47. The maximum atomic E-state index is 11.6. The number of nitrogen functional groups attached to an aromatic ring is 1. The lowest BCUT2D eigenvalue weighted by Crippen LogP contribution is -2.24. The van der Waals surface area contributed by atoms with E-state index in [0.717, 1.165) is 0 Å². The lowest BCUT2D eigenvalue weighted by molar-refractivity contribution is 0.484. The van der Waals surface area contributed by atoms with Crippen molar-refractivity contribution in [1.29, 1.82) is 0 Å². The number of hydrogen-bond donors (Lipinski definition) is 2. The van der Waals surface area contributed by atoms with Crippen LogP contribution in [-0.4, -0.2) is 29.7 Å². The topological polar surface area (TPSA) is 98.0 Å². The van der Waals surface area contributed by atoms with E-state index < -0.39 is 9.84 Å². The fourth-order valence-corrected chi connectivity index (χ4v) is 3.52. The van der Waals surface area contributed by atoms with Crippen molar-refractivity contribution in [2.45, 2.75) is 19.4 Å². The molecule has 1 saturated heterocycles. The quantitative estimate of drug-likeness (QED) is 0.676. The van der Waals surface area contributed by atoms with E-state index in [2.05, 4.69) is 5.10 Å². The minimum Gasteiger partial charge on any atom is -0.393 e. The molecule has 0 aromatic carbocycles. The Balaban J connectivity index is 2.40. The average molecular weight is 231 g/mol. The van der Waals surface area contributed by atoms with Gasteiger partial charge in [0.25, 0.3) is 5.56 Å². The van der Waals surface area contributed by atoms with Gasteiger partial charge in [-0.3, -0.25) is 9.89 Å². The third kappa shape index (κ3) is 1.67. The first-order valence-corrected chi connectivity index (χ1v) is 6.50. The van der Waals surface area contributed by atoms with Crippen LogP contribution in [0.25, 0.3) is 0 Å². The van der Waals surface area contributed by atoms with Crippen molar-refractivity contribution in [1.82, 2.24) is 9.78 Å². The van der Waals surface area contributed by atoms with Crippen LogP contribution in [0.2, 0.25) is 0 Å². The lowest BCUT2D eigenvalue weighted by atomic mass is 10.3. The van der Waals surface area contributed by atoms with Crippen LogP contribution in [-0.2, 0) is 9.84 Å². The van der Waals surface area contributed by atoms with Gasteiger partial charge in [0.1, 0.15) is 5.69 Å². The molecule has 0 spiro atoms. The first-order chi connectivity index (χ1) is 6.91. The Morgan fingerprint density at radius 1 is 1.53 bits per heavy atom. The van der Waals surface area contributed by atoms with Crippen molar-refractivity contribution >= 4 is 15.5 Å². The summed E-state index contributed by atoms with van der Waals surface area (Å²) in [5.74, 6) is 0.161. The largest absolute Gasteiger partial charge is 0.393 e. The van der Waals surface area contributed by atoms with Crippen LogP contribution in [0.15, 0.2) is 4.79 Å². The summed E-state index contributed by atoms with van der Waals surface area (Å²) in [4.78, 5) is 11.6. The first kappa shape index (κ1) is 10.3. The predicted molar refractivity (Wildman–Crippen MR) is 56.5 cm³/mol. The maximum absolute atomic E-state index is 11.6. The number of nitrogens with one attached hydrogen (secondary N) is 1. The summed E-state index contributed by atoms with van der Waals surface area (Å²) >= 11 is 0. The molecule has 1 unspecified atom stereocenters. The van der Waals surface area contributed by atoms with E-state index in [1.54, 1.807) is 6.92 Å². The molecule has 1 aliphatic rings. The van der Waals surface area contributed by atoms with Crippen molar-refractivity contribution < 1.29 is 8.42 Å². The Kier molecular flexibility index (Phi) is 2.14. The molecule has 0 saturated carbocycles. The Hall–Kier alpha value is -1.24. The molecule has 0 radical (unpaired) electrons. The molecule has 0 amide bonds. The van der Waals surface area contributed by atoms with E-state index in [4.69, 9.17) is 5.73 Å². The van der Waals surface area contributed by atoms with Gasteiger partial charge in [0.2, 0.25) is 0 Å². The van der Waals surface area contributed by atoms with Gasteiger partial charge in [0, 0.05) is 0 Å². The molecule has 2 heterocycles. The van der Waals surface area contributed by atoms with Gasteiger partial charge in [-0.2, -0.15) is 0 Å². The van der Waals surface area contributed by atoms with Gasteiger partial charge in [-0.15, -0.1) is 0 Å². The van der Waals surface area contributed by atoms with Gasteiger partial charge in [-0.05, 0) is 13.3 Å². The van der Waals surface area contributed by atoms with Gasteiger partial charge < -0.3 is 5.73 Å². The second-order valence-electron chi connectivity index (χ2n) is 3.88. The van der Waals surface area contributed by atoms with Crippen molar-refractivity contribution in [3.8, 4) is 0 Å². The zero-order valence-corrected chi connectivity index (χ0v) is 9.17. The van der Waals surface area contributed by atoms with E-state index >= 15 is 0 Å². The monoisotopic (exact) mass is 231 g/mol. The highest BCUT2D eigenvalue weighted by atomic mass is 32.2. The van der Waals surface area contributed by atoms with Crippen LogP contribution >= 0.6 is 0 Å². The van der Waals surface area contributed by atoms with Crippen molar-refractivity contribution in [3.63, 3.8) is 0 Å². The van der Waals surface area contributed by atoms with Gasteiger partial charge in [-0.1, -0.05) is 0 Å². The molecule has 0 aliphatic carbocycles. The number of aryl methyl sites for hydroxylation is 1. The minimum atomic E-state index is -2.98. The fraction of sp³-hybridized carbons (Fsp3) is 0.625. The zero-order chi connectivity index (χ0) is 11.2. The molecule has 1 aromatic heterocycles. The number of nitrogens with two attached hydrogens (primary N) is 1. The number of H-pyrrole nitrogens is 1. The highest BCUT2D eigenvalue weighted by molar-refractivity contribution is 7.91. The van der Waals surface area contributed by atoms with Crippen molar-refractivity contribution in [3.05, 3.63) is 16.0 Å². The number of hydrogen-bond acceptors (Lipinski definition) is 4. The number of sulfone groups is 1. The standard InChI is InChI=1S/C8H13N3O3S/c1-5-7(9)8(12)11(10-5)6-2-3-15(13,14)4-6/h6,10H,2-4,9H2,1H3.